The molecule has 2 aromatic heterocycles. The van der Waals surface area contributed by atoms with Gasteiger partial charge in [-0.15, -0.1) is 0 Å². The second kappa shape index (κ2) is 8.71. The Morgan fingerprint density at radius 3 is 2.41 bits per heavy atom. The zero-order valence-electron chi connectivity index (χ0n) is 16.2. The summed E-state index contributed by atoms with van der Waals surface area (Å²) in [5.74, 6) is 1.29. The number of hydrogen-bond donors (Lipinski definition) is 2. The Hall–Kier alpha value is -2.78. The minimum Gasteiger partial charge on any atom is -0.360 e. The molecule has 1 aliphatic rings. The molecule has 1 aromatic carbocycles. The Kier molecular flexibility index (Phi) is 5.86. The van der Waals surface area contributed by atoms with Gasteiger partial charge in [0, 0.05) is 37.6 Å². The highest BCUT2D eigenvalue weighted by Gasteiger charge is 2.21. The van der Waals surface area contributed by atoms with Crippen molar-refractivity contribution in [1.29, 1.82) is 0 Å². The number of hydrogen-bond acceptors (Lipinski definition) is 7. The van der Waals surface area contributed by atoms with Gasteiger partial charge in [0.1, 0.15) is 10.8 Å². The summed E-state index contributed by atoms with van der Waals surface area (Å²) in [6.45, 7) is 5.68. The van der Waals surface area contributed by atoms with E-state index in [1.165, 1.54) is 22.9 Å². The van der Waals surface area contributed by atoms with Gasteiger partial charge in [-0.3, -0.25) is 0 Å². The van der Waals surface area contributed by atoms with Gasteiger partial charge in [0.2, 0.25) is 5.95 Å². The van der Waals surface area contributed by atoms with E-state index in [1.807, 2.05) is 19.9 Å². The van der Waals surface area contributed by atoms with Crippen LogP contribution in [0, 0.1) is 0 Å². The van der Waals surface area contributed by atoms with Crippen LogP contribution in [0.1, 0.15) is 25.0 Å². The van der Waals surface area contributed by atoms with Gasteiger partial charge in [0.25, 0.3) is 0 Å². The highest BCUT2D eigenvalue weighted by molar-refractivity contribution is 7.99. The maximum atomic E-state index is 5.37. The molecule has 0 unspecified atom stereocenters. The Labute approximate surface area is 179 Å². The Morgan fingerprint density at radius 2 is 1.76 bits per heavy atom. The second-order valence-electron chi connectivity index (χ2n) is 6.90. The largest absolute Gasteiger partial charge is 0.360 e. The van der Waals surface area contributed by atoms with E-state index in [1.54, 1.807) is 18.5 Å². The molecule has 0 saturated heterocycles. The summed E-state index contributed by atoms with van der Waals surface area (Å²) < 4.78 is 0. The normalized spacial score (nSPS) is 12.7. The lowest BCUT2D eigenvalue weighted by atomic mass is 10.1. The minimum atomic E-state index is 0.220. The third-order valence-electron chi connectivity index (χ3n) is 4.24. The molecule has 9 heteroatoms. The lowest BCUT2D eigenvalue weighted by Gasteiger charge is -2.19. The highest BCUT2D eigenvalue weighted by Crippen LogP contribution is 2.31. The molecule has 4 rings (SSSR count). The van der Waals surface area contributed by atoms with Crippen LogP contribution in [0.5, 0.6) is 0 Å². The van der Waals surface area contributed by atoms with Crippen LogP contribution in [-0.4, -0.2) is 31.1 Å². The third kappa shape index (κ3) is 4.99. The molecule has 0 radical (unpaired) electrons. The number of fused-ring (bicyclic) bond motifs is 1. The number of thiocarbonyl (C=S) groups is 1. The first-order chi connectivity index (χ1) is 14.1. The summed E-state index contributed by atoms with van der Waals surface area (Å²) >= 11 is 6.77. The summed E-state index contributed by atoms with van der Waals surface area (Å²) in [7, 11) is 0. The van der Waals surface area contributed by atoms with Crippen LogP contribution in [0.25, 0.3) is 0 Å². The molecule has 148 valence electrons. The van der Waals surface area contributed by atoms with E-state index in [0.717, 1.165) is 23.9 Å². The Balaban J connectivity index is 1.62. The van der Waals surface area contributed by atoms with Crippen LogP contribution in [0.15, 0.2) is 59.0 Å². The van der Waals surface area contributed by atoms with Gasteiger partial charge in [0.05, 0.1) is 0 Å². The summed E-state index contributed by atoms with van der Waals surface area (Å²) in [5.41, 5.74) is 2.64. The number of nitrogens with one attached hydrogen (secondary N) is 2. The SMILES string of the molecule is CC(C)NC(=S)Nc1nc(Sc2ncccn2)cc(N2Cc3ccccc3C2)n1. The van der Waals surface area contributed by atoms with Crippen molar-refractivity contribution in [1.82, 2.24) is 25.3 Å². The van der Waals surface area contributed by atoms with Crippen molar-refractivity contribution < 1.29 is 0 Å². The maximum Gasteiger partial charge on any atom is 0.232 e. The summed E-state index contributed by atoms with van der Waals surface area (Å²) in [6, 6.07) is 12.4. The topological polar surface area (TPSA) is 78.9 Å². The molecule has 0 saturated carbocycles. The average Bonchev–Trinajstić information content (AvgIpc) is 3.12. The molecule has 0 bridgehead atoms. The van der Waals surface area contributed by atoms with Crippen molar-refractivity contribution in [2.75, 3.05) is 10.2 Å². The van der Waals surface area contributed by atoms with Crippen LogP contribution in [0.3, 0.4) is 0 Å². The van der Waals surface area contributed by atoms with Crippen LogP contribution in [-0.2, 0) is 13.1 Å². The fourth-order valence-corrected chi connectivity index (χ4v) is 4.05. The zero-order valence-corrected chi connectivity index (χ0v) is 17.8. The van der Waals surface area contributed by atoms with Crippen LogP contribution < -0.4 is 15.5 Å². The molecule has 1 aliphatic heterocycles. The average molecular weight is 424 g/mol. The van der Waals surface area contributed by atoms with Gasteiger partial charge >= 0.3 is 0 Å². The first kappa shape index (κ1) is 19.5. The monoisotopic (exact) mass is 423 g/mol. The molecule has 0 atom stereocenters. The number of nitrogens with zero attached hydrogens (tertiary/aromatic N) is 5. The van der Waals surface area contributed by atoms with Gasteiger partial charge in [-0.1, -0.05) is 24.3 Å². The molecular weight excluding hydrogens is 402 g/mol. The molecular formula is C20H21N7S2. The van der Waals surface area contributed by atoms with Crippen molar-refractivity contribution in [3.8, 4) is 0 Å². The first-order valence-electron chi connectivity index (χ1n) is 9.30. The van der Waals surface area contributed by atoms with Crippen LogP contribution in [0.4, 0.5) is 11.8 Å². The predicted molar refractivity (Wildman–Crippen MR) is 119 cm³/mol. The minimum absolute atomic E-state index is 0.220. The van der Waals surface area contributed by atoms with E-state index < -0.39 is 0 Å². The van der Waals surface area contributed by atoms with E-state index >= 15 is 0 Å². The molecule has 7 nitrogen and oxygen atoms in total. The lowest BCUT2D eigenvalue weighted by molar-refractivity contribution is 0.738. The smallest absolute Gasteiger partial charge is 0.232 e. The zero-order chi connectivity index (χ0) is 20.2. The van der Waals surface area contributed by atoms with Crippen molar-refractivity contribution in [3.05, 3.63) is 59.9 Å². The Morgan fingerprint density at radius 1 is 1.07 bits per heavy atom. The van der Waals surface area contributed by atoms with Crippen LogP contribution in [0.2, 0.25) is 0 Å². The molecule has 29 heavy (non-hydrogen) atoms. The van der Waals surface area contributed by atoms with E-state index in [2.05, 4.69) is 54.8 Å². The molecule has 2 N–H and O–H groups in total. The number of rotatable bonds is 5. The summed E-state index contributed by atoms with van der Waals surface area (Å²) in [6.07, 6.45) is 3.44. The van der Waals surface area contributed by atoms with Gasteiger partial charge in [-0.05, 0) is 55.0 Å². The number of benzene rings is 1. The van der Waals surface area contributed by atoms with Crippen molar-refractivity contribution in [2.24, 2.45) is 0 Å². The van der Waals surface area contributed by atoms with Crippen molar-refractivity contribution in [3.63, 3.8) is 0 Å². The molecule has 3 aromatic rings. The van der Waals surface area contributed by atoms with Crippen molar-refractivity contribution >= 4 is 40.9 Å². The first-order valence-corrected chi connectivity index (χ1v) is 10.5. The molecule has 3 heterocycles. The van der Waals surface area contributed by atoms with E-state index in [4.69, 9.17) is 17.2 Å². The summed E-state index contributed by atoms with van der Waals surface area (Å²) in [4.78, 5) is 20.1. The van der Waals surface area contributed by atoms with E-state index in [-0.39, 0.29) is 6.04 Å². The molecule has 0 spiro atoms. The van der Waals surface area contributed by atoms with Gasteiger partial charge in [0.15, 0.2) is 10.3 Å². The van der Waals surface area contributed by atoms with E-state index in [9.17, 15) is 0 Å². The molecule has 0 amide bonds. The third-order valence-corrected chi connectivity index (χ3v) is 5.27. The second-order valence-corrected chi connectivity index (χ2v) is 8.30. The van der Waals surface area contributed by atoms with Gasteiger partial charge in [-0.25, -0.2) is 15.0 Å². The lowest BCUT2D eigenvalue weighted by Crippen LogP contribution is -2.34. The highest BCUT2D eigenvalue weighted by atomic mass is 32.2. The molecule has 0 fully saturated rings. The van der Waals surface area contributed by atoms with Crippen molar-refractivity contribution in [2.45, 2.75) is 43.2 Å². The van der Waals surface area contributed by atoms with Gasteiger partial charge in [-0.2, -0.15) is 4.98 Å². The fourth-order valence-electron chi connectivity index (χ4n) is 3.01. The number of aromatic nitrogens is 4. The number of anilines is 2. The maximum absolute atomic E-state index is 5.37. The Bertz CT molecular complexity index is 986. The fraction of sp³-hybridized carbons (Fsp3) is 0.250. The predicted octanol–water partition coefficient (Wildman–Crippen LogP) is 3.63. The summed E-state index contributed by atoms with van der Waals surface area (Å²) in [5, 5.41) is 8.15. The van der Waals surface area contributed by atoms with Gasteiger partial charge < -0.3 is 15.5 Å². The van der Waals surface area contributed by atoms with E-state index in [0.29, 0.717) is 16.2 Å². The molecule has 0 aliphatic carbocycles. The standard InChI is InChI=1S/C20H21N7S2/c1-13(2)23-19(28)26-18-24-16(27-11-14-6-3-4-7-15(14)12-27)10-17(25-18)29-20-21-8-5-9-22-20/h3-10,13H,11-12H2,1-2H3,(H2,23,24,25,26,28). The quantitative estimate of drug-likeness (QED) is 0.363. The van der Waals surface area contributed by atoms with Crippen LogP contribution >= 0.6 is 24.0 Å².